The predicted octanol–water partition coefficient (Wildman–Crippen LogP) is 2.15. The van der Waals surface area contributed by atoms with Gasteiger partial charge in [-0.3, -0.25) is 9.59 Å². The second kappa shape index (κ2) is 6.44. The molecule has 0 aliphatic carbocycles. The van der Waals surface area contributed by atoms with Crippen LogP contribution in [-0.4, -0.2) is 47.7 Å². The van der Waals surface area contributed by atoms with Crippen LogP contribution < -0.4 is 0 Å². The fourth-order valence-corrected chi connectivity index (χ4v) is 2.92. The Balaban J connectivity index is 2.28. The van der Waals surface area contributed by atoms with Crippen molar-refractivity contribution < 1.29 is 23.8 Å². The molecule has 0 saturated carbocycles. The van der Waals surface area contributed by atoms with E-state index in [0.29, 0.717) is 29.7 Å². The molecule has 1 aliphatic rings. The molecule has 6 heteroatoms. The lowest BCUT2D eigenvalue weighted by molar-refractivity contribution is -0.137. The Morgan fingerprint density at radius 3 is 2.45 bits per heavy atom. The number of aliphatic carboxylic acids is 1. The minimum absolute atomic E-state index is 0.120. The number of methoxy groups -OCH3 is 1. The van der Waals surface area contributed by atoms with Crippen molar-refractivity contribution in [2.24, 2.45) is 0 Å². The maximum Gasteiger partial charge on any atom is 0.305 e. The molecule has 1 aromatic carbocycles. The van der Waals surface area contributed by atoms with Crippen LogP contribution in [0.3, 0.4) is 0 Å². The number of rotatable bonds is 4. The molecule has 2 atom stereocenters. The maximum atomic E-state index is 13.7. The molecule has 1 amide bonds. The molecule has 2 unspecified atom stereocenters. The van der Waals surface area contributed by atoms with Crippen molar-refractivity contribution >= 4 is 11.9 Å². The van der Waals surface area contributed by atoms with E-state index < -0.39 is 12.0 Å². The van der Waals surface area contributed by atoms with Gasteiger partial charge in [-0.25, -0.2) is 4.39 Å². The second-order valence-corrected chi connectivity index (χ2v) is 5.73. The zero-order chi connectivity index (χ0) is 16.4. The zero-order valence-corrected chi connectivity index (χ0v) is 12.9. The molecule has 0 bridgehead atoms. The van der Waals surface area contributed by atoms with Gasteiger partial charge in [0.15, 0.2) is 0 Å². The summed E-state index contributed by atoms with van der Waals surface area (Å²) in [7, 11) is 1.54. The van der Waals surface area contributed by atoms with Crippen LogP contribution in [0.5, 0.6) is 0 Å². The third-order valence-corrected chi connectivity index (χ3v) is 4.06. The van der Waals surface area contributed by atoms with E-state index in [1.165, 1.54) is 17.0 Å². The fourth-order valence-electron chi connectivity index (χ4n) is 2.92. The summed E-state index contributed by atoms with van der Waals surface area (Å²) in [6.07, 6.45) is 0.203. The molecule has 1 saturated heterocycles. The summed E-state index contributed by atoms with van der Waals surface area (Å²) in [5.41, 5.74) is 1.18. The highest BCUT2D eigenvalue weighted by molar-refractivity contribution is 5.95. The van der Waals surface area contributed by atoms with Crippen molar-refractivity contribution in [1.29, 1.82) is 0 Å². The highest BCUT2D eigenvalue weighted by atomic mass is 19.1. The number of hydrogen-bond donors (Lipinski definition) is 1. The Labute approximate surface area is 128 Å². The number of amides is 1. The lowest BCUT2D eigenvalue weighted by atomic mass is 10.0. The van der Waals surface area contributed by atoms with Gasteiger partial charge in [0.2, 0.25) is 0 Å². The first-order valence-electron chi connectivity index (χ1n) is 7.15. The highest BCUT2D eigenvalue weighted by Crippen LogP contribution is 2.26. The number of carbonyl (C=O) groups excluding carboxylic acids is 1. The van der Waals surface area contributed by atoms with Crippen LogP contribution in [0, 0.1) is 19.7 Å². The van der Waals surface area contributed by atoms with Gasteiger partial charge in [-0.2, -0.15) is 0 Å². The molecule has 0 spiro atoms. The smallest absolute Gasteiger partial charge is 0.305 e. The molecule has 1 aromatic rings. The summed E-state index contributed by atoms with van der Waals surface area (Å²) >= 11 is 0. The molecule has 1 fully saturated rings. The molecule has 0 radical (unpaired) electrons. The summed E-state index contributed by atoms with van der Waals surface area (Å²) < 4.78 is 19.0. The van der Waals surface area contributed by atoms with E-state index in [4.69, 9.17) is 9.84 Å². The Kier molecular flexibility index (Phi) is 4.81. The Bertz CT molecular complexity index is 579. The molecule has 22 heavy (non-hydrogen) atoms. The third-order valence-electron chi connectivity index (χ3n) is 4.06. The number of ether oxygens (including phenoxy) is 1. The number of carboxylic acid groups (broad SMARTS) is 1. The van der Waals surface area contributed by atoms with Gasteiger partial charge in [-0.1, -0.05) is 0 Å². The number of hydrogen-bond acceptors (Lipinski definition) is 3. The second-order valence-electron chi connectivity index (χ2n) is 5.73. The first kappa shape index (κ1) is 16.4. The summed E-state index contributed by atoms with van der Waals surface area (Å²) in [5.74, 6) is -1.56. The Hall–Kier alpha value is -1.95. The summed E-state index contributed by atoms with van der Waals surface area (Å²) in [5, 5.41) is 9.00. The minimum Gasteiger partial charge on any atom is -0.481 e. The van der Waals surface area contributed by atoms with E-state index in [0.717, 1.165) is 0 Å². The highest BCUT2D eigenvalue weighted by Gasteiger charge is 2.37. The van der Waals surface area contributed by atoms with E-state index in [9.17, 15) is 14.0 Å². The first-order valence-corrected chi connectivity index (χ1v) is 7.15. The van der Waals surface area contributed by atoms with Crippen molar-refractivity contribution in [2.75, 3.05) is 13.7 Å². The number of halogens is 1. The molecular weight excluding hydrogens is 289 g/mol. The molecule has 1 heterocycles. The minimum atomic E-state index is -0.953. The van der Waals surface area contributed by atoms with Crippen LogP contribution in [0.1, 0.15) is 34.3 Å². The number of carboxylic acids is 1. The van der Waals surface area contributed by atoms with Gasteiger partial charge in [0.1, 0.15) is 5.82 Å². The van der Waals surface area contributed by atoms with Crippen molar-refractivity contribution in [3.8, 4) is 0 Å². The molecule has 120 valence electrons. The monoisotopic (exact) mass is 309 g/mol. The van der Waals surface area contributed by atoms with Crippen LogP contribution in [0.2, 0.25) is 0 Å². The summed E-state index contributed by atoms with van der Waals surface area (Å²) in [6.45, 7) is 3.56. The molecular formula is C16H20FNO4. The average Bonchev–Trinajstić information content (AvgIpc) is 2.85. The Morgan fingerprint density at radius 2 is 1.95 bits per heavy atom. The largest absolute Gasteiger partial charge is 0.481 e. The quantitative estimate of drug-likeness (QED) is 0.925. The van der Waals surface area contributed by atoms with Crippen molar-refractivity contribution in [3.63, 3.8) is 0 Å². The molecule has 5 nitrogen and oxygen atoms in total. The third kappa shape index (κ3) is 3.27. The van der Waals surface area contributed by atoms with Crippen LogP contribution in [-0.2, 0) is 9.53 Å². The van der Waals surface area contributed by atoms with Gasteiger partial charge in [-0.15, -0.1) is 0 Å². The van der Waals surface area contributed by atoms with Crippen LogP contribution in [0.4, 0.5) is 4.39 Å². The normalized spacial score (nSPS) is 21.2. The lowest BCUT2D eigenvalue weighted by Gasteiger charge is -2.23. The predicted molar refractivity (Wildman–Crippen MR) is 78.4 cm³/mol. The van der Waals surface area contributed by atoms with Gasteiger partial charge in [-0.05, 0) is 43.5 Å². The standard InChI is InChI=1S/C16H20FNO4/c1-9-4-11(5-10(2)15(9)17)16(21)18-8-13(22-3)6-12(18)7-14(19)20/h4-5,12-13H,6-8H2,1-3H3,(H,19,20). The van der Waals surface area contributed by atoms with Crippen molar-refractivity contribution in [1.82, 2.24) is 4.90 Å². The molecule has 1 aliphatic heterocycles. The summed E-state index contributed by atoms with van der Waals surface area (Å²) in [4.78, 5) is 25.2. The maximum absolute atomic E-state index is 13.7. The number of carbonyl (C=O) groups is 2. The van der Waals surface area contributed by atoms with E-state index in [-0.39, 0.29) is 24.2 Å². The van der Waals surface area contributed by atoms with Crippen molar-refractivity contribution in [2.45, 2.75) is 38.8 Å². The van der Waals surface area contributed by atoms with Gasteiger partial charge < -0.3 is 14.7 Å². The molecule has 2 rings (SSSR count). The van der Waals surface area contributed by atoms with E-state index >= 15 is 0 Å². The van der Waals surface area contributed by atoms with Gasteiger partial charge in [0, 0.05) is 25.3 Å². The first-order chi connectivity index (χ1) is 10.3. The van der Waals surface area contributed by atoms with Crippen LogP contribution >= 0.6 is 0 Å². The number of likely N-dealkylation sites (tertiary alicyclic amines) is 1. The van der Waals surface area contributed by atoms with Gasteiger partial charge in [0.25, 0.3) is 5.91 Å². The van der Waals surface area contributed by atoms with E-state index in [1.807, 2.05) is 0 Å². The molecule has 0 aromatic heterocycles. The number of aryl methyl sites for hydroxylation is 2. The lowest BCUT2D eigenvalue weighted by Crippen LogP contribution is -2.37. The van der Waals surface area contributed by atoms with Crippen molar-refractivity contribution in [3.05, 3.63) is 34.6 Å². The van der Waals surface area contributed by atoms with Crippen LogP contribution in [0.15, 0.2) is 12.1 Å². The van der Waals surface area contributed by atoms with E-state index in [1.54, 1.807) is 21.0 Å². The van der Waals surface area contributed by atoms with E-state index in [2.05, 4.69) is 0 Å². The molecule has 1 N–H and O–H groups in total. The van der Waals surface area contributed by atoms with Gasteiger partial charge in [0.05, 0.1) is 12.5 Å². The number of nitrogens with zero attached hydrogens (tertiary/aromatic N) is 1. The fraction of sp³-hybridized carbons (Fsp3) is 0.500. The zero-order valence-electron chi connectivity index (χ0n) is 12.9. The Morgan fingerprint density at radius 1 is 1.36 bits per heavy atom. The summed E-state index contributed by atoms with van der Waals surface area (Å²) in [6, 6.07) is 2.60. The number of benzene rings is 1. The van der Waals surface area contributed by atoms with Crippen LogP contribution in [0.25, 0.3) is 0 Å². The topological polar surface area (TPSA) is 66.8 Å². The van der Waals surface area contributed by atoms with Gasteiger partial charge >= 0.3 is 5.97 Å². The SMILES string of the molecule is COC1CC(CC(=O)O)N(C(=O)c2cc(C)c(F)c(C)c2)C1. The average molecular weight is 309 g/mol.